The second-order valence-corrected chi connectivity index (χ2v) is 0. The second kappa shape index (κ2) is 2510. The normalized spacial score (nSPS) is 0. The molecule has 0 aromatic carbocycles. The van der Waals surface area contributed by atoms with Gasteiger partial charge in [0.05, 0.1) is 0 Å². The molecule has 0 bridgehead atoms. The minimum Gasteiger partial charge on any atom is -2.00 e. The molecule has 12 N–H and O–H groups in total. The molecule has 8 heavy (non-hydrogen) atoms. The summed E-state index contributed by atoms with van der Waals surface area (Å²) in [4.78, 5) is 0. The molecule has 0 atom stereocenters. The maximum Gasteiger partial charge on any atom is 2.00 e. The van der Waals surface area contributed by atoms with Crippen molar-refractivity contribution in [2.24, 2.45) is 0 Å². The second-order valence-electron chi connectivity index (χ2n) is 0. The first-order chi connectivity index (χ1) is 0. The van der Waals surface area contributed by atoms with Gasteiger partial charge in [0.2, 0.25) is 0 Å². The Morgan fingerprint density at radius 3 is 0.375 bits per heavy atom. The van der Waals surface area contributed by atoms with E-state index in [9.17, 15) is 0 Å². The first-order valence-corrected chi connectivity index (χ1v) is 0. The Hall–Kier alpha value is 0.343. The third-order valence-electron chi connectivity index (χ3n) is 0. The molecule has 0 aliphatic heterocycles. The van der Waals surface area contributed by atoms with Crippen molar-refractivity contribution in [1.82, 2.24) is 0 Å². The van der Waals surface area contributed by atoms with Gasteiger partial charge in [-0.05, 0) is 0 Å². The average molecular weight is 189 g/mol. The van der Waals surface area contributed by atoms with Crippen LogP contribution in [0.1, 0.15) is 0 Å². The van der Waals surface area contributed by atoms with Gasteiger partial charge in [0, 0.05) is 0 Å². The summed E-state index contributed by atoms with van der Waals surface area (Å²) < 4.78 is 0. The van der Waals surface area contributed by atoms with Gasteiger partial charge in [-0.1, -0.05) is 0 Å². The Kier molecular flexibility index (Phi) is 1200000. The maximum absolute atomic E-state index is 0. The van der Waals surface area contributed by atoms with Gasteiger partial charge >= 0.3 is 19.5 Å². The number of hydrogen-bond donors (Lipinski definition) is 0. The van der Waals surface area contributed by atoms with Crippen LogP contribution in [0.3, 0.4) is 0 Å². The molecule has 0 fully saturated rings. The first-order valence-electron chi connectivity index (χ1n) is 0. The fourth-order valence-corrected chi connectivity index (χ4v) is 0. The van der Waals surface area contributed by atoms with E-state index in [0.29, 0.717) is 0 Å². The van der Waals surface area contributed by atoms with E-state index in [4.69, 9.17) is 0 Å². The molecule has 0 amide bonds. The van der Waals surface area contributed by atoms with Crippen LogP contribution in [0.15, 0.2) is 0 Å². The molecule has 0 saturated carbocycles. The molecular formula is H12O7Zn. The van der Waals surface area contributed by atoms with E-state index in [-0.39, 0.29) is 57.8 Å². The summed E-state index contributed by atoms with van der Waals surface area (Å²) in [6, 6.07) is 0. The molecular weight excluding hydrogens is 177 g/mol. The van der Waals surface area contributed by atoms with Crippen molar-refractivity contribution in [2.75, 3.05) is 0 Å². The summed E-state index contributed by atoms with van der Waals surface area (Å²) in [6.45, 7) is 0. The van der Waals surface area contributed by atoms with Gasteiger partial charge in [0.1, 0.15) is 0 Å². The quantitative estimate of drug-likeness (QED) is 0.326. The molecule has 0 unspecified atom stereocenters. The Balaban J connectivity index is 0. The van der Waals surface area contributed by atoms with Crippen LogP contribution in [0.25, 0.3) is 0 Å². The van der Waals surface area contributed by atoms with Gasteiger partial charge < -0.3 is 38.3 Å². The predicted octanol–water partition coefficient (Wildman–Crippen LogP) is -5.07. The van der Waals surface area contributed by atoms with E-state index in [1.165, 1.54) is 0 Å². The molecule has 8 heteroatoms. The van der Waals surface area contributed by atoms with E-state index < -0.39 is 0 Å². The van der Waals surface area contributed by atoms with Crippen molar-refractivity contribution in [3.63, 3.8) is 0 Å². The molecule has 0 rings (SSSR count). The fraction of sp³-hybridized carbons (Fsp3) is 0. The molecule has 56 valence electrons. The first kappa shape index (κ1) is 3820. The zero-order valence-corrected chi connectivity index (χ0v) is 7.08. The van der Waals surface area contributed by atoms with Crippen molar-refractivity contribution in [3.05, 3.63) is 0 Å². The van der Waals surface area contributed by atoms with Gasteiger partial charge in [0.25, 0.3) is 0 Å². The summed E-state index contributed by atoms with van der Waals surface area (Å²) in [5.41, 5.74) is 0. The summed E-state index contributed by atoms with van der Waals surface area (Å²) in [6.07, 6.45) is 0. The van der Waals surface area contributed by atoms with Gasteiger partial charge in [-0.25, -0.2) is 0 Å². The zero-order valence-electron chi connectivity index (χ0n) is 4.12. The van der Waals surface area contributed by atoms with E-state index in [1.807, 2.05) is 0 Å². The summed E-state index contributed by atoms with van der Waals surface area (Å²) in [5.74, 6) is 0. The van der Waals surface area contributed by atoms with Crippen LogP contribution >= 0.6 is 0 Å². The van der Waals surface area contributed by atoms with Crippen molar-refractivity contribution in [3.8, 4) is 0 Å². The molecule has 0 radical (unpaired) electrons. The van der Waals surface area contributed by atoms with E-state index in [0.717, 1.165) is 0 Å². The van der Waals surface area contributed by atoms with Crippen LogP contribution in [-0.4, -0.2) is 32.9 Å². The zero-order chi connectivity index (χ0) is 0. The molecule has 0 spiro atoms. The minimum atomic E-state index is 0. The van der Waals surface area contributed by atoms with Crippen molar-refractivity contribution in [2.45, 2.75) is 0 Å². The van der Waals surface area contributed by atoms with Crippen LogP contribution in [-0.2, 0) is 25.0 Å². The molecule has 0 aliphatic rings. The third kappa shape index (κ3) is 1540. The van der Waals surface area contributed by atoms with Crippen LogP contribution in [0.5, 0.6) is 0 Å². The number of hydrogen-bond acceptors (Lipinski definition) is 0. The van der Waals surface area contributed by atoms with Crippen LogP contribution in [0.2, 0.25) is 0 Å². The summed E-state index contributed by atoms with van der Waals surface area (Å²) >= 11 is 0. The largest absolute Gasteiger partial charge is 2.00 e. The van der Waals surface area contributed by atoms with Crippen LogP contribution in [0.4, 0.5) is 0 Å². The van der Waals surface area contributed by atoms with Gasteiger partial charge in [-0.2, -0.15) is 0 Å². The third-order valence-corrected chi connectivity index (χ3v) is 0. The van der Waals surface area contributed by atoms with Gasteiger partial charge in [-0.3, -0.25) is 0 Å². The standard InChI is InChI=1S/6H2O.O.Zn/h6*1H2;;/q;;;;;;-2;+2. The molecule has 0 aromatic rings. The van der Waals surface area contributed by atoms with Crippen LogP contribution < -0.4 is 0 Å². The van der Waals surface area contributed by atoms with Crippen molar-refractivity contribution >= 4 is 0 Å². The Morgan fingerprint density at radius 1 is 0.375 bits per heavy atom. The predicted molar refractivity (Wildman–Crippen MR) is 22.4 cm³/mol. The fourth-order valence-electron chi connectivity index (χ4n) is 0. The molecule has 0 aromatic heterocycles. The molecule has 0 aliphatic carbocycles. The minimum absolute atomic E-state index is 0. The Labute approximate surface area is 58.6 Å². The Bertz CT molecular complexity index is 4.35. The van der Waals surface area contributed by atoms with E-state index in [1.54, 1.807) is 0 Å². The topological polar surface area (TPSA) is 218 Å². The van der Waals surface area contributed by atoms with Gasteiger partial charge in [0.15, 0.2) is 0 Å². The number of rotatable bonds is 0. The molecule has 0 heterocycles. The average Bonchev–Trinajstić information content (AvgIpc) is 0. The van der Waals surface area contributed by atoms with Crippen molar-refractivity contribution < 1.29 is 57.8 Å². The molecule has 0 saturated heterocycles. The van der Waals surface area contributed by atoms with Crippen molar-refractivity contribution in [1.29, 1.82) is 0 Å². The molecule has 7 nitrogen and oxygen atoms in total. The smallest absolute Gasteiger partial charge is 2.00 e. The van der Waals surface area contributed by atoms with Crippen LogP contribution in [0, 0.1) is 0 Å². The summed E-state index contributed by atoms with van der Waals surface area (Å²) in [7, 11) is 0. The van der Waals surface area contributed by atoms with Gasteiger partial charge in [-0.15, -0.1) is 0 Å². The van der Waals surface area contributed by atoms with E-state index >= 15 is 0 Å². The Morgan fingerprint density at radius 2 is 0.375 bits per heavy atom. The maximum atomic E-state index is 0. The summed E-state index contributed by atoms with van der Waals surface area (Å²) in [5, 5.41) is 0. The monoisotopic (exact) mass is 188 g/mol. The van der Waals surface area contributed by atoms with E-state index in [2.05, 4.69) is 0 Å². The SMILES string of the molecule is O.O.O.O.O.O.[O-2].[Zn+2].